The quantitative estimate of drug-likeness (QED) is 0.822. The minimum absolute atomic E-state index is 0.0184. The molecule has 3 rings (SSSR count). The van der Waals surface area contributed by atoms with Crippen LogP contribution >= 0.6 is 0 Å². The Hall–Kier alpha value is -2.75. The third-order valence-electron chi connectivity index (χ3n) is 4.64. The minimum Gasteiger partial charge on any atom is -0.460 e. The van der Waals surface area contributed by atoms with E-state index in [2.05, 4.69) is 4.99 Å². The van der Waals surface area contributed by atoms with E-state index >= 15 is 0 Å². The van der Waals surface area contributed by atoms with Crippen molar-refractivity contribution in [1.82, 2.24) is 0 Å². The van der Waals surface area contributed by atoms with Gasteiger partial charge in [0.1, 0.15) is 17.3 Å². The van der Waals surface area contributed by atoms with E-state index in [0.29, 0.717) is 17.0 Å². The van der Waals surface area contributed by atoms with Gasteiger partial charge < -0.3 is 4.42 Å². The Morgan fingerprint density at radius 1 is 1.00 bits per heavy atom. The van der Waals surface area contributed by atoms with Crippen molar-refractivity contribution in [1.29, 1.82) is 0 Å². The Morgan fingerprint density at radius 2 is 1.68 bits per heavy atom. The monoisotopic (exact) mass is 335 g/mol. The zero-order valence-corrected chi connectivity index (χ0v) is 14.9. The number of rotatable bonds is 4. The van der Waals surface area contributed by atoms with Crippen molar-refractivity contribution in [3.8, 4) is 11.3 Å². The SMILES string of the molecule is CC(=O)C1=C(C)N=C(C)C(C(C)=O)[C@@H]1c1ccc(-c2ccccc2)o1. The lowest BCUT2D eigenvalue weighted by molar-refractivity contribution is -0.119. The van der Waals surface area contributed by atoms with E-state index in [0.717, 1.165) is 17.0 Å². The molecule has 0 saturated heterocycles. The molecule has 0 N–H and O–H groups in total. The minimum atomic E-state index is -0.475. The molecule has 0 spiro atoms. The van der Waals surface area contributed by atoms with Gasteiger partial charge in [0.05, 0.1) is 11.8 Å². The number of nitrogens with zero attached hydrogens (tertiary/aromatic N) is 1. The van der Waals surface area contributed by atoms with Crippen LogP contribution in [-0.4, -0.2) is 17.3 Å². The van der Waals surface area contributed by atoms with Crippen LogP contribution in [0.1, 0.15) is 39.4 Å². The molecular weight excluding hydrogens is 314 g/mol. The summed E-state index contributed by atoms with van der Waals surface area (Å²) < 4.78 is 6.07. The number of carbonyl (C=O) groups is 2. The van der Waals surface area contributed by atoms with Crippen LogP contribution in [0.25, 0.3) is 11.3 Å². The third kappa shape index (κ3) is 3.12. The molecule has 0 radical (unpaired) electrons. The predicted octanol–water partition coefficient (Wildman–Crippen LogP) is 4.57. The van der Waals surface area contributed by atoms with Gasteiger partial charge in [0.2, 0.25) is 0 Å². The number of carbonyl (C=O) groups excluding carboxylic acids is 2. The summed E-state index contributed by atoms with van der Waals surface area (Å²) in [5.41, 5.74) is 2.89. The second-order valence-electron chi connectivity index (χ2n) is 6.44. The lowest BCUT2D eigenvalue weighted by atomic mass is 9.75. The Labute approximate surface area is 147 Å². The van der Waals surface area contributed by atoms with Gasteiger partial charge in [-0.25, -0.2) is 0 Å². The fourth-order valence-corrected chi connectivity index (χ4v) is 3.61. The van der Waals surface area contributed by atoms with Gasteiger partial charge in [-0.3, -0.25) is 14.6 Å². The first-order valence-corrected chi connectivity index (χ1v) is 8.32. The van der Waals surface area contributed by atoms with Gasteiger partial charge in [-0.1, -0.05) is 30.3 Å². The van der Waals surface area contributed by atoms with Crippen LogP contribution in [0, 0.1) is 5.92 Å². The van der Waals surface area contributed by atoms with Gasteiger partial charge >= 0.3 is 0 Å². The molecule has 0 amide bonds. The van der Waals surface area contributed by atoms with Gasteiger partial charge in [-0.05, 0) is 39.8 Å². The molecule has 4 heteroatoms. The predicted molar refractivity (Wildman–Crippen MR) is 97.5 cm³/mol. The highest BCUT2D eigenvalue weighted by Gasteiger charge is 2.39. The van der Waals surface area contributed by atoms with E-state index < -0.39 is 11.8 Å². The van der Waals surface area contributed by atoms with Crippen molar-refractivity contribution >= 4 is 17.3 Å². The molecule has 2 atom stereocenters. The number of ketones is 2. The summed E-state index contributed by atoms with van der Waals surface area (Å²) >= 11 is 0. The highest BCUT2D eigenvalue weighted by Crippen LogP contribution is 2.41. The second-order valence-corrected chi connectivity index (χ2v) is 6.44. The van der Waals surface area contributed by atoms with Crippen molar-refractivity contribution in [3.63, 3.8) is 0 Å². The summed E-state index contributed by atoms with van der Waals surface area (Å²) in [6.07, 6.45) is 0. The molecule has 1 aromatic heterocycles. The number of aliphatic imine (C=N–C) groups is 1. The molecule has 1 aliphatic heterocycles. The zero-order valence-electron chi connectivity index (χ0n) is 14.9. The van der Waals surface area contributed by atoms with Crippen LogP contribution < -0.4 is 0 Å². The lowest BCUT2D eigenvalue weighted by Gasteiger charge is -2.29. The highest BCUT2D eigenvalue weighted by atomic mass is 16.3. The number of furan rings is 1. The van der Waals surface area contributed by atoms with Crippen molar-refractivity contribution in [3.05, 3.63) is 59.5 Å². The van der Waals surface area contributed by atoms with Crippen LogP contribution in [0.15, 0.2) is 63.1 Å². The Bertz CT molecular complexity index is 887. The summed E-state index contributed by atoms with van der Waals surface area (Å²) in [6.45, 7) is 6.70. The molecule has 1 aliphatic rings. The normalized spacial score (nSPS) is 20.4. The standard InChI is InChI=1S/C21H21NO3/c1-12-19(14(3)23)21(20(15(4)24)13(2)22-12)18-11-10-17(25-18)16-8-6-5-7-9-16/h5-11,19,21H,1-4H3/t19?,21-/m0/s1. The number of hydrogen-bond acceptors (Lipinski definition) is 4. The van der Waals surface area contributed by atoms with Crippen molar-refractivity contribution in [2.24, 2.45) is 10.9 Å². The van der Waals surface area contributed by atoms with E-state index in [1.54, 1.807) is 0 Å². The molecule has 128 valence electrons. The maximum absolute atomic E-state index is 12.3. The fraction of sp³-hybridized carbons (Fsp3) is 0.286. The largest absolute Gasteiger partial charge is 0.460 e. The number of benzene rings is 1. The molecule has 0 saturated carbocycles. The maximum atomic E-state index is 12.3. The third-order valence-corrected chi connectivity index (χ3v) is 4.64. The first-order chi connectivity index (χ1) is 11.9. The lowest BCUT2D eigenvalue weighted by Crippen LogP contribution is -2.33. The van der Waals surface area contributed by atoms with Gasteiger partial charge in [0, 0.05) is 22.5 Å². The van der Waals surface area contributed by atoms with Crippen LogP contribution in [0.5, 0.6) is 0 Å². The van der Waals surface area contributed by atoms with E-state index in [1.165, 1.54) is 13.8 Å². The topological polar surface area (TPSA) is 59.6 Å². The van der Waals surface area contributed by atoms with Crippen LogP contribution in [0.3, 0.4) is 0 Å². The number of Topliss-reactive ketones (excluding diaryl/α,β-unsaturated/α-hetero) is 2. The van der Waals surface area contributed by atoms with E-state index in [4.69, 9.17) is 4.42 Å². The van der Waals surface area contributed by atoms with Crippen molar-refractivity contribution in [2.75, 3.05) is 0 Å². The average molecular weight is 335 g/mol. The molecule has 4 nitrogen and oxygen atoms in total. The van der Waals surface area contributed by atoms with Crippen LogP contribution in [-0.2, 0) is 9.59 Å². The smallest absolute Gasteiger partial charge is 0.158 e. The number of hydrogen-bond donors (Lipinski definition) is 0. The highest BCUT2D eigenvalue weighted by molar-refractivity contribution is 6.09. The zero-order chi connectivity index (χ0) is 18.1. The van der Waals surface area contributed by atoms with Gasteiger partial charge in [0.15, 0.2) is 5.78 Å². The van der Waals surface area contributed by atoms with Gasteiger partial charge in [-0.2, -0.15) is 0 Å². The van der Waals surface area contributed by atoms with Crippen LogP contribution in [0.2, 0.25) is 0 Å². The summed E-state index contributed by atoms with van der Waals surface area (Å²) in [5.74, 6) is 0.344. The molecule has 0 aliphatic carbocycles. The molecule has 1 unspecified atom stereocenters. The van der Waals surface area contributed by atoms with Gasteiger partial charge in [0.25, 0.3) is 0 Å². The molecule has 2 aromatic rings. The van der Waals surface area contributed by atoms with E-state index in [1.807, 2.05) is 56.3 Å². The van der Waals surface area contributed by atoms with Crippen LogP contribution in [0.4, 0.5) is 0 Å². The fourth-order valence-electron chi connectivity index (χ4n) is 3.61. The Morgan fingerprint density at radius 3 is 2.28 bits per heavy atom. The summed E-state index contributed by atoms with van der Waals surface area (Å²) in [7, 11) is 0. The van der Waals surface area contributed by atoms with Crippen molar-refractivity contribution < 1.29 is 14.0 Å². The van der Waals surface area contributed by atoms with Gasteiger partial charge in [-0.15, -0.1) is 0 Å². The molecule has 25 heavy (non-hydrogen) atoms. The van der Waals surface area contributed by atoms with E-state index in [-0.39, 0.29) is 11.6 Å². The Balaban J connectivity index is 2.12. The molecule has 0 fully saturated rings. The first kappa shape index (κ1) is 17.1. The first-order valence-electron chi connectivity index (χ1n) is 8.32. The summed E-state index contributed by atoms with van der Waals surface area (Å²) in [6, 6.07) is 13.5. The molecule has 2 heterocycles. The summed E-state index contributed by atoms with van der Waals surface area (Å²) in [5, 5.41) is 0. The molecular formula is C21H21NO3. The average Bonchev–Trinajstić information content (AvgIpc) is 3.03. The second kappa shape index (κ2) is 6.63. The molecule has 1 aromatic carbocycles. The van der Waals surface area contributed by atoms with Crippen molar-refractivity contribution in [2.45, 2.75) is 33.6 Å². The number of allylic oxidation sites excluding steroid dienone is 2. The molecule has 0 bridgehead atoms. The maximum Gasteiger partial charge on any atom is 0.158 e. The van der Waals surface area contributed by atoms with E-state index in [9.17, 15) is 9.59 Å². The Kier molecular flexibility index (Phi) is 4.53. The summed E-state index contributed by atoms with van der Waals surface area (Å²) in [4.78, 5) is 29.0.